The quantitative estimate of drug-likeness (QED) is 0.755. The molecule has 4 atom stereocenters. The Morgan fingerprint density at radius 3 is 2.88 bits per heavy atom. The summed E-state index contributed by atoms with van der Waals surface area (Å²) in [7, 11) is 0. The summed E-state index contributed by atoms with van der Waals surface area (Å²) >= 11 is 0. The second-order valence-electron chi connectivity index (χ2n) is 4.82. The fraction of sp³-hybridized carbons (Fsp3) is 0.917. The molecule has 0 spiro atoms. The summed E-state index contributed by atoms with van der Waals surface area (Å²) in [6, 6.07) is -0.158. The van der Waals surface area contributed by atoms with Crippen LogP contribution in [0.15, 0.2) is 0 Å². The van der Waals surface area contributed by atoms with Crippen molar-refractivity contribution in [3.05, 3.63) is 0 Å². The van der Waals surface area contributed by atoms with Gasteiger partial charge < -0.3 is 15.8 Å². The van der Waals surface area contributed by atoms with Crippen LogP contribution in [0.5, 0.6) is 0 Å². The van der Waals surface area contributed by atoms with Crippen LogP contribution < -0.4 is 11.1 Å². The van der Waals surface area contributed by atoms with Crippen molar-refractivity contribution >= 4 is 5.91 Å². The van der Waals surface area contributed by atoms with Crippen molar-refractivity contribution in [2.24, 2.45) is 11.7 Å². The van der Waals surface area contributed by atoms with E-state index in [9.17, 15) is 4.79 Å². The molecule has 4 nitrogen and oxygen atoms in total. The lowest BCUT2D eigenvalue weighted by molar-refractivity contribution is -0.125. The van der Waals surface area contributed by atoms with Crippen molar-refractivity contribution in [3.63, 3.8) is 0 Å². The molecule has 1 aliphatic heterocycles. The fourth-order valence-corrected chi connectivity index (χ4v) is 1.94. The Morgan fingerprint density at radius 1 is 1.62 bits per heavy atom. The van der Waals surface area contributed by atoms with Crippen molar-refractivity contribution < 1.29 is 9.53 Å². The van der Waals surface area contributed by atoms with Gasteiger partial charge in [0.1, 0.15) is 0 Å². The number of ether oxygens (including phenoxy) is 1. The van der Waals surface area contributed by atoms with E-state index in [0.29, 0.717) is 0 Å². The van der Waals surface area contributed by atoms with E-state index in [-0.39, 0.29) is 30.0 Å². The highest BCUT2D eigenvalue weighted by atomic mass is 16.5. The first-order valence-corrected chi connectivity index (χ1v) is 6.22. The van der Waals surface area contributed by atoms with E-state index in [1.165, 1.54) is 0 Å². The first-order valence-electron chi connectivity index (χ1n) is 6.22. The van der Waals surface area contributed by atoms with Gasteiger partial charge in [-0.3, -0.25) is 4.79 Å². The van der Waals surface area contributed by atoms with Gasteiger partial charge in [0.15, 0.2) is 0 Å². The van der Waals surface area contributed by atoms with Gasteiger partial charge in [-0.25, -0.2) is 0 Å². The lowest BCUT2D eigenvalue weighted by Crippen LogP contribution is -2.50. The number of rotatable bonds is 4. The van der Waals surface area contributed by atoms with E-state index < -0.39 is 0 Å². The molecule has 1 aliphatic rings. The third-order valence-electron chi connectivity index (χ3n) is 3.39. The normalized spacial score (nSPS) is 29.5. The molecule has 1 amide bonds. The summed E-state index contributed by atoms with van der Waals surface area (Å²) in [5, 5.41) is 3.02. The minimum absolute atomic E-state index is 0.0200. The van der Waals surface area contributed by atoms with Crippen LogP contribution >= 0.6 is 0 Å². The molecule has 0 saturated carbocycles. The monoisotopic (exact) mass is 228 g/mol. The van der Waals surface area contributed by atoms with Crippen LogP contribution in [-0.2, 0) is 9.53 Å². The van der Waals surface area contributed by atoms with Gasteiger partial charge in [-0.1, -0.05) is 20.3 Å². The van der Waals surface area contributed by atoms with E-state index in [2.05, 4.69) is 5.32 Å². The molecule has 1 heterocycles. The van der Waals surface area contributed by atoms with Crippen molar-refractivity contribution in [2.75, 3.05) is 6.61 Å². The highest BCUT2D eigenvalue weighted by Crippen LogP contribution is 2.14. The molecule has 16 heavy (non-hydrogen) atoms. The topological polar surface area (TPSA) is 64.4 Å². The Balaban J connectivity index is 2.38. The number of hydrogen-bond acceptors (Lipinski definition) is 3. The summed E-state index contributed by atoms with van der Waals surface area (Å²) in [5.74, 6) is 0.214. The van der Waals surface area contributed by atoms with E-state index in [1.807, 2.05) is 20.8 Å². The third-order valence-corrected chi connectivity index (χ3v) is 3.39. The van der Waals surface area contributed by atoms with Crippen LogP contribution in [0.2, 0.25) is 0 Å². The largest absolute Gasteiger partial charge is 0.378 e. The Morgan fingerprint density at radius 2 is 2.31 bits per heavy atom. The molecule has 1 saturated heterocycles. The summed E-state index contributed by atoms with van der Waals surface area (Å²) in [5.41, 5.74) is 5.88. The van der Waals surface area contributed by atoms with Crippen molar-refractivity contribution in [1.82, 2.24) is 5.32 Å². The average molecular weight is 228 g/mol. The second kappa shape index (κ2) is 6.21. The Bertz CT molecular complexity index is 233. The zero-order chi connectivity index (χ0) is 12.1. The molecule has 0 aliphatic carbocycles. The predicted molar refractivity (Wildman–Crippen MR) is 64.0 cm³/mol. The standard InChI is InChI=1S/C12H24N2O2/c1-4-8(2)11(13)12(15)14-10-5-6-16-9(3)7-10/h8-11H,4-7,13H2,1-3H3,(H,14,15). The molecule has 3 N–H and O–H groups in total. The molecule has 0 aromatic carbocycles. The van der Waals surface area contributed by atoms with Crippen LogP contribution in [0.4, 0.5) is 0 Å². The first-order chi connectivity index (χ1) is 7.54. The van der Waals surface area contributed by atoms with Gasteiger partial charge >= 0.3 is 0 Å². The maximum atomic E-state index is 11.8. The molecular formula is C12H24N2O2. The summed E-state index contributed by atoms with van der Waals surface area (Å²) in [4.78, 5) is 11.8. The average Bonchev–Trinajstić information content (AvgIpc) is 2.27. The first kappa shape index (κ1) is 13.5. The van der Waals surface area contributed by atoms with Crippen LogP contribution in [0.25, 0.3) is 0 Å². The van der Waals surface area contributed by atoms with E-state index in [0.717, 1.165) is 25.9 Å². The zero-order valence-electron chi connectivity index (χ0n) is 10.5. The summed E-state index contributed by atoms with van der Waals surface area (Å²) < 4.78 is 5.44. The molecular weight excluding hydrogens is 204 g/mol. The van der Waals surface area contributed by atoms with Gasteiger partial charge in [0.2, 0.25) is 5.91 Å². The molecule has 4 heteroatoms. The molecule has 0 bridgehead atoms. The number of carbonyl (C=O) groups is 1. The van der Waals surface area contributed by atoms with Crippen LogP contribution in [-0.4, -0.2) is 30.7 Å². The van der Waals surface area contributed by atoms with Crippen molar-refractivity contribution in [1.29, 1.82) is 0 Å². The number of hydrogen-bond donors (Lipinski definition) is 2. The summed E-state index contributed by atoms with van der Waals surface area (Å²) in [6.07, 6.45) is 2.94. The molecule has 0 radical (unpaired) electrons. The van der Waals surface area contributed by atoms with Gasteiger partial charge in [0, 0.05) is 12.6 Å². The van der Waals surface area contributed by atoms with Crippen molar-refractivity contribution in [2.45, 2.75) is 58.2 Å². The van der Waals surface area contributed by atoms with Gasteiger partial charge in [0.25, 0.3) is 0 Å². The highest BCUT2D eigenvalue weighted by Gasteiger charge is 2.25. The number of carbonyl (C=O) groups excluding carboxylic acids is 1. The van der Waals surface area contributed by atoms with E-state index in [4.69, 9.17) is 10.5 Å². The second-order valence-corrected chi connectivity index (χ2v) is 4.82. The highest BCUT2D eigenvalue weighted by molar-refractivity contribution is 5.82. The lowest BCUT2D eigenvalue weighted by atomic mass is 9.98. The van der Waals surface area contributed by atoms with Crippen LogP contribution in [0.3, 0.4) is 0 Å². The number of nitrogens with one attached hydrogen (secondary N) is 1. The Hall–Kier alpha value is -0.610. The Kier molecular flexibility index (Phi) is 5.22. The van der Waals surface area contributed by atoms with Gasteiger partial charge in [-0.2, -0.15) is 0 Å². The number of nitrogens with two attached hydrogens (primary N) is 1. The SMILES string of the molecule is CCC(C)C(N)C(=O)NC1CCOC(C)C1. The maximum absolute atomic E-state index is 11.8. The molecule has 0 aromatic heterocycles. The fourth-order valence-electron chi connectivity index (χ4n) is 1.94. The maximum Gasteiger partial charge on any atom is 0.237 e. The molecule has 1 fully saturated rings. The molecule has 94 valence electrons. The zero-order valence-corrected chi connectivity index (χ0v) is 10.5. The lowest BCUT2D eigenvalue weighted by Gasteiger charge is -2.29. The third kappa shape index (κ3) is 3.76. The van der Waals surface area contributed by atoms with Crippen LogP contribution in [0, 0.1) is 5.92 Å². The predicted octanol–water partition coefficient (Wildman–Crippen LogP) is 1.04. The van der Waals surface area contributed by atoms with Gasteiger partial charge in [-0.15, -0.1) is 0 Å². The molecule has 1 rings (SSSR count). The minimum Gasteiger partial charge on any atom is -0.378 e. The van der Waals surface area contributed by atoms with Crippen molar-refractivity contribution in [3.8, 4) is 0 Å². The minimum atomic E-state index is -0.386. The summed E-state index contributed by atoms with van der Waals surface area (Å²) in [6.45, 7) is 6.82. The van der Waals surface area contributed by atoms with E-state index >= 15 is 0 Å². The molecule has 0 aromatic rings. The molecule has 4 unspecified atom stereocenters. The van der Waals surface area contributed by atoms with E-state index in [1.54, 1.807) is 0 Å². The smallest absolute Gasteiger partial charge is 0.237 e. The van der Waals surface area contributed by atoms with Crippen LogP contribution in [0.1, 0.15) is 40.0 Å². The Labute approximate surface area is 97.9 Å². The van der Waals surface area contributed by atoms with Gasteiger partial charge in [-0.05, 0) is 25.7 Å². The number of amides is 1. The van der Waals surface area contributed by atoms with Gasteiger partial charge in [0.05, 0.1) is 12.1 Å².